The molecule has 2 rings (SSSR count). The predicted molar refractivity (Wildman–Crippen MR) is 66.7 cm³/mol. The van der Waals surface area contributed by atoms with E-state index in [9.17, 15) is 4.79 Å². The smallest absolute Gasteiger partial charge is 0.364 e. The van der Waals surface area contributed by atoms with Crippen molar-refractivity contribution in [1.82, 2.24) is 25.1 Å². The zero-order valence-corrected chi connectivity index (χ0v) is 10.5. The lowest BCUT2D eigenvalue weighted by Crippen LogP contribution is -2.35. The van der Waals surface area contributed by atoms with Crippen LogP contribution < -0.4 is 11.0 Å². The lowest BCUT2D eigenvalue weighted by molar-refractivity contribution is 0.166. The summed E-state index contributed by atoms with van der Waals surface area (Å²) in [5, 5.41) is 13.8. The Morgan fingerprint density at radius 2 is 2.39 bits per heavy atom. The number of methoxy groups -OCH3 is 1. The summed E-state index contributed by atoms with van der Waals surface area (Å²) < 4.78 is 6.42. The molecule has 0 saturated carbocycles. The lowest BCUT2D eigenvalue weighted by atomic mass is 10.1. The Morgan fingerprint density at radius 3 is 3.11 bits per heavy atom. The zero-order chi connectivity index (χ0) is 13.0. The molecule has 2 heterocycles. The third-order valence-electron chi connectivity index (χ3n) is 2.64. The zero-order valence-electron chi connectivity index (χ0n) is 10.5. The van der Waals surface area contributed by atoms with E-state index in [2.05, 4.69) is 20.6 Å². The largest absolute Gasteiger partial charge is 0.383 e. The van der Waals surface area contributed by atoms with E-state index in [1.54, 1.807) is 13.2 Å². The maximum Gasteiger partial charge on any atom is 0.364 e. The highest BCUT2D eigenvalue weighted by atomic mass is 16.5. The molecule has 0 aliphatic carbocycles. The van der Waals surface area contributed by atoms with Crippen molar-refractivity contribution >= 4 is 5.65 Å². The van der Waals surface area contributed by atoms with E-state index in [-0.39, 0.29) is 11.7 Å². The van der Waals surface area contributed by atoms with Gasteiger partial charge in [-0.25, -0.2) is 9.89 Å². The molecule has 7 nitrogen and oxygen atoms in total. The summed E-state index contributed by atoms with van der Waals surface area (Å²) in [5.41, 5.74) is 1.03. The molecule has 2 N–H and O–H groups in total. The predicted octanol–water partition coefficient (Wildman–Crippen LogP) is -0.415. The van der Waals surface area contributed by atoms with Crippen molar-refractivity contribution in [2.24, 2.45) is 0 Å². The van der Waals surface area contributed by atoms with E-state index < -0.39 is 0 Å². The van der Waals surface area contributed by atoms with Crippen molar-refractivity contribution < 1.29 is 4.74 Å². The van der Waals surface area contributed by atoms with Crippen LogP contribution in [0, 0.1) is 0 Å². The normalized spacial score (nSPS) is 13.0. The van der Waals surface area contributed by atoms with Gasteiger partial charge in [0, 0.05) is 19.6 Å². The van der Waals surface area contributed by atoms with Crippen molar-refractivity contribution in [2.45, 2.75) is 19.4 Å². The van der Waals surface area contributed by atoms with Gasteiger partial charge in [-0.05, 0) is 18.7 Å². The van der Waals surface area contributed by atoms with Crippen molar-refractivity contribution in [1.29, 1.82) is 0 Å². The first-order valence-corrected chi connectivity index (χ1v) is 5.90. The maximum atomic E-state index is 11.4. The quantitative estimate of drug-likeness (QED) is 0.728. The van der Waals surface area contributed by atoms with Gasteiger partial charge in [0.25, 0.3) is 0 Å². The minimum atomic E-state index is -0.321. The highest BCUT2D eigenvalue weighted by molar-refractivity contribution is 5.34. The molecule has 0 fully saturated rings. The number of aromatic amines is 1. The average Bonchev–Trinajstić information content (AvgIpc) is 2.72. The van der Waals surface area contributed by atoms with Crippen LogP contribution in [0.4, 0.5) is 0 Å². The molecule has 0 aliphatic heterocycles. The number of ether oxygens (including phenoxy) is 1. The van der Waals surface area contributed by atoms with E-state index in [1.807, 2.05) is 13.0 Å². The first-order chi connectivity index (χ1) is 8.74. The lowest BCUT2D eigenvalue weighted by Gasteiger charge is -2.16. The molecule has 1 atom stereocenters. The third kappa shape index (κ3) is 2.74. The summed E-state index contributed by atoms with van der Waals surface area (Å²) in [5.74, 6) is 0. The number of likely N-dealkylation sites (N-methyl/N-ethyl adjacent to an activating group) is 1. The van der Waals surface area contributed by atoms with E-state index in [0.717, 1.165) is 12.2 Å². The summed E-state index contributed by atoms with van der Waals surface area (Å²) in [4.78, 5) is 11.4. The number of nitrogens with one attached hydrogen (secondary N) is 2. The topological polar surface area (TPSA) is 84.3 Å². The fourth-order valence-electron chi connectivity index (χ4n) is 1.88. The van der Waals surface area contributed by atoms with E-state index in [0.29, 0.717) is 18.7 Å². The second-order valence-corrected chi connectivity index (χ2v) is 4.04. The SMILES string of the molecule is CCNC(COC)Cc1ccc2n[nH]c(=O)n2n1. The van der Waals surface area contributed by atoms with E-state index >= 15 is 0 Å². The fraction of sp³-hybridized carbons (Fsp3) is 0.545. The van der Waals surface area contributed by atoms with Crippen LogP contribution in [0.2, 0.25) is 0 Å². The highest BCUT2D eigenvalue weighted by Gasteiger charge is 2.10. The Kier molecular flexibility index (Phi) is 4.06. The van der Waals surface area contributed by atoms with Gasteiger partial charge in [-0.15, -0.1) is 0 Å². The summed E-state index contributed by atoms with van der Waals surface area (Å²) >= 11 is 0. The van der Waals surface area contributed by atoms with Crippen LogP contribution in [0.5, 0.6) is 0 Å². The molecule has 0 aromatic carbocycles. The van der Waals surface area contributed by atoms with Gasteiger partial charge in [0.05, 0.1) is 12.3 Å². The maximum absolute atomic E-state index is 11.4. The molecule has 0 amide bonds. The van der Waals surface area contributed by atoms with Gasteiger partial charge in [0.2, 0.25) is 0 Å². The van der Waals surface area contributed by atoms with Crippen LogP contribution in [0.3, 0.4) is 0 Å². The Labute approximate surface area is 104 Å². The standard InChI is InChI=1S/C11H17N5O2/c1-3-12-9(7-18-2)6-8-4-5-10-13-14-11(17)16(10)15-8/h4-5,9,12H,3,6-7H2,1-2H3,(H,14,17). The van der Waals surface area contributed by atoms with Crippen LogP contribution in [0.15, 0.2) is 16.9 Å². The van der Waals surface area contributed by atoms with Gasteiger partial charge in [-0.2, -0.15) is 14.7 Å². The molecule has 7 heteroatoms. The Balaban J connectivity index is 2.19. The Bertz CT molecular complexity index is 556. The molecule has 98 valence electrons. The second-order valence-electron chi connectivity index (χ2n) is 4.04. The van der Waals surface area contributed by atoms with Crippen molar-refractivity contribution in [3.8, 4) is 0 Å². The number of H-pyrrole nitrogens is 1. The average molecular weight is 251 g/mol. The van der Waals surface area contributed by atoms with Crippen LogP contribution in [0.25, 0.3) is 5.65 Å². The minimum Gasteiger partial charge on any atom is -0.383 e. The van der Waals surface area contributed by atoms with Crippen LogP contribution in [-0.2, 0) is 11.2 Å². The summed E-state index contributed by atoms with van der Waals surface area (Å²) in [6, 6.07) is 3.83. The molecule has 2 aromatic heterocycles. The number of hydrogen-bond donors (Lipinski definition) is 2. The second kappa shape index (κ2) is 5.74. The molecule has 0 radical (unpaired) electrons. The third-order valence-corrected chi connectivity index (χ3v) is 2.64. The molecule has 18 heavy (non-hydrogen) atoms. The van der Waals surface area contributed by atoms with Gasteiger partial charge in [-0.1, -0.05) is 6.92 Å². The number of aromatic nitrogens is 4. The van der Waals surface area contributed by atoms with Crippen molar-refractivity contribution in [3.05, 3.63) is 28.3 Å². The van der Waals surface area contributed by atoms with Gasteiger partial charge in [-0.3, -0.25) is 0 Å². The van der Waals surface area contributed by atoms with E-state index in [1.165, 1.54) is 4.52 Å². The monoisotopic (exact) mass is 251 g/mol. The summed E-state index contributed by atoms with van der Waals surface area (Å²) in [7, 11) is 1.67. The molecule has 0 aliphatic rings. The number of rotatable bonds is 6. The number of nitrogens with zero attached hydrogens (tertiary/aromatic N) is 3. The molecule has 0 spiro atoms. The van der Waals surface area contributed by atoms with Crippen LogP contribution in [0.1, 0.15) is 12.6 Å². The van der Waals surface area contributed by atoms with Crippen molar-refractivity contribution in [2.75, 3.05) is 20.3 Å². The van der Waals surface area contributed by atoms with Crippen LogP contribution >= 0.6 is 0 Å². The molecular weight excluding hydrogens is 234 g/mol. The van der Waals surface area contributed by atoms with Gasteiger partial charge < -0.3 is 10.1 Å². The molecule has 0 saturated heterocycles. The Hall–Kier alpha value is -1.73. The van der Waals surface area contributed by atoms with Crippen molar-refractivity contribution in [3.63, 3.8) is 0 Å². The summed E-state index contributed by atoms with van der Waals surface area (Å²) in [6.45, 7) is 3.51. The minimum absolute atomic E-state index is 0.188. The van der Waals surface area contributed by atoms with Gasteiger partial charge >= 0.3 is 5.69 Å². The molecular formula is C11H17N5O2. The van der Waals surface area contributed by atoms with E-state index in [4.69, 9.17) is 4.74 Å². The first kappa shape index (κ1) is 12.7. The van der Waals surface area contributed by atoms with Gasteiger partial charge in [0.1, 0.15) is 0 Å². The Morgan fingerprint density at radius 1 is 1.56 bits per heavy atom. The fourth-order valence-corrected chi connectivity index (χ4v) is 1.88. The van der Waals surface area contributed by atoms with Gasteiger partial charge in [0.15, 0.2) is 5.65 Å². The molecule has 0 bridgehead atoms. The number of hydrogen-bond acceptors (Lipinski definition) is 5. The number of fused-ring (bicyclic) bond motifs is 1. The first-order valence-electron chi connectivity index (χ1n) is 5.90. The highest BCUT2D eigenvalue weighted by Crippen LogP contribution is 2.02. The summed E-state index contributed by atoms with van der Waals surface area (Å²) in [6.07, 6.45) is 0.704. The van der Waals surface area contributed by atoms with Crippen LogP contribution in [-0.4, -0.2) is 46.1 Å². The molecule has 1 unspecified atom stereocenters. The molecule has 2 aromatic rings.